The molecule has 0 aromatic heterocycles. The van der Waals surface area contributed by atoms with E-state index in [2.05, 4.69) is 5.32 Å². The first-order chi connectivity index (χ1) is 14.5. The number of piperazine rings is 1. The van der Waals surface area contributed by atoms with Crippen LogP contribution in [0.25, 0.3) is 0 Å². The van der Waals surface area contributed by atoms with Crippen molar-refractivity contribution in [2.75, 3.05) is 11.9 Å². The van der Waals surface area contributed by atoms with Crippen LogP contribution in [-0.4, -0.2) is 46.1 Å². The van der Waals surface area contributed by atoms with Crippen molar-refractivity contribution in [3.05, 3.63) is 65.5 Å². The fourth-order valence-corrected chi connectivity index (χ4v) is 5.98. The van der Waals surface area contributed by atoms with E-state index in [0.29, 0.717) is 24.2 Å². The van der Waals surface area contributed by atoms with Crippen LogP contribution >= 0.6 is 0 Å². The maximum Gasteiger partial charge on any atom is 0.246 e. The van der Waals surface area contributed by atoms with Crippen molar-refractivity contribution in [2.45, 2.75) is 42.8 Å². The molecule has 2 aromatic rings. The van der Waals surface area contributed by atoms with Crippen LogP contribution in [0, 0.1) is 5.82 Å². The maximum atomic E-state index is 14.3. The number of hydrogen-bond acceptors (Lipinski definition) is 3. The molecule has 0 saturated carbocycles. The number of fused-ring (bicyclic) bond motifs is 4. The Morgan fingerprint density at radius 2 is 1.80 bits per heavy atom. The van der Waals surface area contributed by atoms with Gasteiger partial charge in [-0.1, -0.05) is 30.3 Å². The zero-order valence-corrected chi connectivity index (χ0v) is 16.2. The summed E-state index contributed by atoms with van der Waals surface area (Å²) >= 11 is 0. The number of anilines is 1. The van der Waals surface area contributed by atoms with Gasteiger partial charge in [0.1, 0.15) is 23.3 Å². The van der Waals surface area contributed by atoms with Crippen molar-refractivity contribution in [1.82, 2.24) is 9.80 Å². The summed E-state index contributed by atoms with van der Waals surface area (Å²) in [6, 6.07) is 11.7. The summed E-state index contributed by atoms with van der Waals surface area (Å²) in [6.07, 6.45) is 1.60. The van der Waals surface area contributed by atoms with Gasteiger partial charge in [0.05, 0.1) is 6.04 Å². The minimum atomic E-state index is -1.20. The number of nitrogens with zero attached hydrogens (tertiary/aromatic N) is 2. The third kappa shape index (κ3) is 2.04. The summed E-state index contributed by atoms with van der Waals surface area (Å²) < 4.78 is 14.3. The number of rotatable bonds is 1. The second-order valence-electron chi connectivity index (χ2n) is 8.58. The molecule has 3 fully saturated rings. The van der Waals surface area contributed by atoms with Crippen molar-refractivity contribution in [1.29, 1.82) is 0 Å². The molecule has 152 valence electrons. The Balaban J connectivity index is 1.60. The van der Waals surface area contributed by atoms with Crippen molar-refractivity contribution in [3.63, 3.8) is 0 Å². The topological polar surface area (TPSA) is 69.7 Å². The Kier molecular flexibility index (Phi) is 3.47. The predicted octanol–water partition coefficient (Wildman–Crippen LogP) is 2.36. The quantitative estimate of drug-likeness (QED) is 0.792. The smallest absolute Gasteiger partial charge is 0.246 e. The number of amides is 3. The molecule has 0 bridgehead atoms. The van der Waals surface area contributed by atoms with E-state index in [1.165, 1.54) is 12.1 Å². The molecule has 30 heavy (non-hydrogen) atoms. The molecule has 6 rings (SSSR count). The second kappa shape index (κ2) is 5.90. The molecule has 1 spiro atoms. The van der Waals surface area contributed by atoms with Gasteiger partial charge in [-0.2, -0.15) is 0 Å². The Morgan fingerprint density at radius 3 is 2.60 bits per heavy atom. The van der Waals surface area contributed by atoms with Crippen molar-refractivity contribution < 1.29 is 18.8 Å². The molecule has 3 saturated heterocycles. The van der Waals surface area contributed by atoms with Crippen LogP contribution < -0.4 is 5.32 Å². The van der Waals surface area contributed by atoms with Gasteiger partial charge in [-0.15, -0.1) is 0 Å². The van der Waals surface area contributed by atoms with Gasteiger partial charge in [0.15, 0.2) is 0 Å². The summed E-state index contributed by atoms with van der Waals surface area (Å²) in [6.45, 7) is 0.569. The highest BCUT2D eigenvalue weighted by atomic mass is 19.1. The molecule has 0 aliphatic carbocycles. The zero-order valence-electron chi connectivity index (χ0n) is 16.2. The van der Waals surface area contributed by atoms with Gasteiger partial charge in [0.2, 0.25) is 17.7 Å². The lowest BCUT2D eigenvalue weighted by molar-refractivity contribution is -0.159. The zero-order chi connectivity index (χ0) is 20.6. The number of hydrogen-bond donors (Lipinski definition) is 1. The van der Waals surface area contributed by atoms with Gasteiger partial charge in [-0.25, -0.2) is 4.39 Å². The summed E-state index contributed by atoms with van der Waals surface area (Å²) in [5.74, 6) is -0.945. The molecule has 4 atom stereocenters. The first-order valence-electron chi connectivity index (χ1n) is 10.3. The summed E-state index contributed by atoms with van der Waals surface area (Å²) in [5, 5.41) is 2.88. The molecule has 0 unspecified atom stereocenters. The van der Waals surface area contributed by atoms with Crippen LogP contribution in [0.1, 0.15) is 36.4 Å². The number of halogens is 1. The van der Waals surface area contributed by atoms with Crippen molar-refractivity contribution in [2.24, 2.45) is 0 Å². The minimum Gasteiger partial charge on any atom is -0.329 e. The standard InChI is InChI=1S/C23H20FN3O3/c24-14-8-9-16-15(11-14)23(22(30)25-16)12-18-20(28)26-10-4-7-17(26)21(29)27(18)19(23)13-5-2-1-3-6-13/h1-3,5-6,8-9,11,17-19H,4,7,10,12H2,(H,25,30)/t17-,18-,19-,23+/m0/s1. The lowest BCUT2D eigenvalue weighted by atomic mass is 9.72. The number of carbonyl (C=O) groups is 3. The Hall–Kier alpha value is -3.22. The Morgan fingerprint density at radius 1 is 1.00 bits per heavy atom. The Labute approximate surface area is 172 Å². The molecule has 1 N–H and O–H groups in total. The van der Waals surface area contributed by atoms with Crippen LogP contribution in [0.3, 0.4) is 0 Å². The van der Waals surface area contributed by atoms with E-state index in [4.69, 9.17) is 0 Å². The summed E-state index contributed by atoms with van der Waals surface area (Å²) in [7, 11) is 0. The van der Waals surface area contributed by atoms with Gasteiger partial charge in [-0.05, 0) is 48.6 Å². The van der Waals surface area contributed by atoms with Crippen LogP contribution in [0.15, 0.2) is 48.5 Å². The average Bonchev–Trinajstić information content (AvgIpc) is 3.44. The fraction of sp³-hybridized carbons (Fsp3) is 0.348. The SMILES string of the molecule is O=C1[C@@H]2C[C@]3(C(=O)Nc4ccc(F)cc43)[C@H](c3ccccc3)N2C(=O)[C@@H]2CCCN12. The van der Waals surface area contributed by atoms with E-state index in [9.17, 15) is 18.8 Å². The average molecular weight is 405 g/mol. The fourth-order valence-electron chi connectivity index (χ4n) is 5.98. The second-order valence-corrected chi connectivity index (χ2v) is 8.58. The van der Waals surface area contributed by atoms with E-state index >= 15 is 0 Å². The highest BCUT2D eigenvalue weighted by Gasteiger charge is 2.67. The van der Waals surface area contributed by atoms with E-state index in [1.54, 1.807) is 15.9 Å². The van der Waals surface area contributed by atoms with Gasteiger partial charge < -0.3 is 15.1 Å². The first-order valence-corrected chi connectivity index (χ1v) is 10.3. The molecule has 2 aromatic carbocycles. The molecular formula is C23H20FN3O3. The number of carbonyl (C=O) groups excluding carboxylic acids is 3. The van der Waals surface area contributed by atoms with Gasteiger partial charge in [0.25, 0.3) is 0 Å². The lowest BCUT2D eigenvalue weighted by Crippen LogP contribution is -2.61. The summed E-state index contributed by atoms with van der Waals surface area (Å²) in [5.41, 5.74) is 0.646. The molecule has 3 amide bonds. The number of benzene rings is 2. The van der Waals surface area contributed by atoms with Crippen LogP contribution in [0.4, 0.5) is 10.1 Å². The summed E-state index contributed by atoms with van der Waals surface area (Å²) in [4.78, 5) is 43.7. The van der Waals surface area contributed by atoms with Gasteiger partial charge in [0, 0.05) is 12.2 Å². The Bertz CT molecular complexity index is 1100. The first kappa shape index (κ1) is 17.6. The predicted molar refractivity (Wildman–Crippen MR) is 106 cm³/mol. The molecule has 0 radical (unpaired) electrons. The lowest BCUT2D eigenvalue weighted by Gasteiger charge is -2.42. The normalized spacial score (nSPS) is 31.8. The maximum absolute atomic E-state index is 14.3. The van der Waals surface area contributed by atoms with Crippen molar-refractivity contribution >= 4 is 23.4 Å². The third-order valence-corrected chi connectivity index (χ3v) is 7.19. The van der Waals surface area contributed by atoms with E-state index in [-0.39, 0.29) is 24.1 Å². The highest BCUT2D eigenvalue weighted by molar-refractivity contribution is 6.10. The van der Waals surface area contributed by atoms with Gasteiger partial charge >= 0.3 is 0 Å². The number of nitrogens with one attached hydrogen (secondary N) is 1. The van der Waals surface area contributed by atoms with Crippen molar-refractivity contribution in [3.8, 4) is 0 Å². The minimum absolute atomic E-state index is 0.104. The van der Waals surface area contributed by atoms with E-state index < -0.39 is 29.4 Å². The third-order valence-electron chi connectivity index (χ3n) is 7.19. The van der Waals surface area contributed by atoms with Crippen LogP contribution in [0.2, 0.25) is 0 Å². The van der Waals surface area contributed by atoms with E-state index in [1.807, 2.05) is 30.3 Å². The molecule has 4 aliphatic heterocycles. The molecular weight excluding hydrogens is 385 g/mol. The monoisotopic (exact) mass is 405 g/mol. The molecule has 7 heteroatoms. The van der Waals surface area contributed by atoms with Crippen LogP contribution in [-0.2, 0) is 19.8 Å². The van der Waals surface area contributed by atoms with Crippen LogP contribution in [0.5, 0.6) is 0 Å². The molecule has 6 nitrogen and oxygen atoms in total. The molecule has 4 aliphatic rings. The largest absolute Gasteiger partial charge is 0.329 e. The highest BCUT2D eigenvalue weighted by Crippen LogP contribution is 2.58. The van der Waals surface area contributed by atoms with Gasteiger partial charge in [-0.3, -0.25) is 14.4 Å². The molecule has 4 heterocycles. The van der Waals surface area contributed by atoms with E-state index in [0.717, 1.165) is 12.0 Å².